The van der Waals surface area contributed by atoms with E-state index in [1.807, 2.05) is 184 Å². The van der Waals surface area contributed by atoms with Crippen LogP contribution in [0.1, 0.15) is 68.7 Å². The Morgan fingerprint density at radius 3 is 1.01 bits per heavy atom. The molecule has 2 aliphatic rings. The van der Waals surface area contributed by atoms with E-state index in [1.165, 1.54) is 8.61 Å². The molecule has 1 N–H and O–H groups in total. The molecular formula is C56H47N5O4S2. The number of hydrogen-bond acceptors (Lipinski definition) is 7. The van der Waals surface area contributed by atoms with Crippen LogP contribution in [-0.2, 0) is 20.0 Å². The summed E-state index contributed by atoms with van der Waals surface area (Å²) in [6.07, 6.45) is 0. The Balaban J connectivity index is 1.14. The molecule has 0 aliphatic carbocycles. The van der Waals surface area contributed by atoms with Crippen molar-refractivity contribution < 1.29 is 16.8 Å². The maximum Gasteiger partial charge on any atom is 0.266 e. The second-order valence-corrected chi connectivity index (χ2v) is 20.4. The van der Waals surface area contributed by atoms with Crippen LogP contribution in [0.15, 0.2) is 238 Å². The molecule has 10 rings (SSSR count). The van der Waals surface area contributed by atoms with Gasteiger partial charge in [0.15, 0.2) is 0 Å². The topological polar surface area (TPSA) is 112 Å². The van der Waals surface area contributed by atoms with Gasteiger partial charge in [-0.15, -0.1) is 0 Å². The highest BCUT2D eigenvalue weighted by Gasteiger charge is 2.48. The number of para-hydroxylation sites is 2. The van der Waals surface area contributed by atoms with Crippen molar-refractivity contribution in [1.82, 2.24) is 8.61 Å². The van der Waals surface area contributed by atoms with E-state index in [-0.39, 0.29) is 21.5 Å². The molecule has 2 aliphatic heterocycles. The first kappa shape index (κ1) is 43.3. The number of aliphatic imine (C=N–C) groups is 2. The van der Waals surface area contributed by atoms with E-state index in [0.29, 0.717) is 22.5 Å². The van der Waals surface area contributed by atoms with Crippen molar-refractivity contribution >= 4 is 43.1 Å². The summed E-state index contributed by atoms with van der Waals surface area (Å²) in [6, 6.07) is 64.9. The van der Waals surface area contributed by atoms with Gasteiger partial charge in [0.25, 0.3) is 20.0 Å². The summed E-state index contributed by atoms with van der Waals surface area (Å²) in [5, 5.41) is 3.65. The molecule has 8 aromatic carbocycles. The van der Waals surface area contributed by atoms with Crippen molar-refractivity contribution in [2.75, 3.05) is 5.32 Å². The van der Waals surface area contributed by atoms with E-state index in [4.69, 9.17) is 9.98 Å². The predicted molar refractivity (Wildman–Crippen MR) is 266 cm³/mol. The van der Waals surface area contributed by atoms with Gasteiger partial charge in [-0.3, -0.25) is 9.98 Å². The van der Waals surface area contributed by atoms with Crippen LogP contribution in [-0.4, -0.2) is 37.1 Å². The summed E-state index contributed by atoms with van der Waals surface area (Å²) < 4.78 is 64.1. The fraction of sp³-hybridized carbons (Fsp3) is 0.107. The Morgan fingerprint density at radius 1 is 0.373 bits per heavy atom. The molecule has 0 saturated carbocycles. The number of anilines is 2. The van der Waals surface area contributed by atoms with Gasteiger partial charge in [-0.25, -0.2) is 25.4 Å². The smallest absolute Gasteiger partial charge is 0.266 e. The van der Waals surface area contributed by atoms with Gasteiger partial charge >= 0.3 is 0 Å². The van der Waals surface area contributed by atoms with E-state index in [1.54, 1.807) is 48.5 Å². The fourth-order valence-corrected chi connectivity index (χ4v) is 12.3. The molecule has 0 fully saturated rings. The van der Waals surface area contributed by atoms with Gasteiger partial charge in [0.05, 0.1) is 21.9 Å². The van der Waals surface area contributed by atoms with Crippen LogP contribution in [0.25, 0.3) is 0 Å². The van der Waals surface area contributed by atoms with E-state index < -0.39 is 44.2 Å². The van der Waals surface area contributed by atoms with E-state index >= 15 is 16.8 Å². The van der Waals surface area contributed by atoms with Crippen LogP contribution < -0.4 is 5.32 Å². The number of sulfonamides is 2. The molecule has 8 aromatic rings. The Morgan fingerprint density at radius 2 is 0.672 bits per heavy atom. The van der Waals surface area contributed by atoms with Gasteiger partial charge in [-0.05, 0) is 84.6 Å². The summed E-state index contributed by atoms with van der Waals surface area (Å²) in [7, 11) is -8.47. The summed E-state index contributed by atoms with van der Waals surface area (Å²) in [5.41, 5.74) is 7.37. The van der Waals surface area contributed by atoms with Crippen molar-refractivity contribution in [3.05, 3.63) is 263 Å². The minimum absolute atomic E-state index is 0.145. The predicted octanol–water partition coefficient (Wildman–Crippen LogP) is 11.9. The molecule has 0 bridgehead atoms. The molecule has 9 nitrogen and oxygen atoms in total. The molecule has 4 atom stereocenters. The van der Waals surface area contributed by atoms with Crippen LogP contribution in [0, 0.1) is 13.8 Å². The molecular weight excluding hydrogens is 871 g/mol. The largest absolute Gasteiger partial charge is 0.354 e. The van der Waals surface area contributed by atoms with Crippen molar-refractivity contribution in [2.45, 2.75) is 47.8 Å². The average Bonchev–Trinajstić information content (AvgIpc) is 3.98. The molecule has 67 heavy (non-hydrogen) atoms. The normalized spacial score (nSPS) is 18.4. The SMILES string of the molecule is Cc1ccc(S(=O)(=O)N2C(c3ccccc3Nc3ccccc3C3=N[C@@H](c4ccccc4)[C@H](c4ccccc4)N3S(=O)(=O)c3ccc(C)cc3)=N[C@@H](c3ccccc3)[C@@H]2c2ccccc2)cc1. The number of rotatable bonds is 12. The first-order chi connectivity index (χ1) is 32.6. The molecule has 2 heterocycles. The summed E-state index contributed by atoms with van der Waals surface area (Å²) in [4.78, 5) is 11.0. The number of nitrogens with one attached hydrogen (secondary N) is 1. The van der Waals surface area contributed by atoms with Gasteiger partial charge in [0.2, 0.25) is 0 Å². The zero-order valence-electron chi connectivity index (χ0n) is 36.8. The van der Waals surface area contributed by atoms with Gasteiger partial charge in [-0.1, -0.05) is 181 Å². The standard InChI is InChI=1S/C56H47N5O4S2/c1-39-31-35-45(36-32-39)66(62,63)60-53(43-23-11-5-12-24-43)51(41-19-7-3-8-20-41)58-55(60)47-27-15-17-29-49(47)57-50-30-18-16-28-48(50)56-59-52(42-21-9-4-10-22-42)54(44-25-13-6-14-26-44)61(56)67(64,65)46-37-33-40(2)34-38-46/h3-38,51-54,57H,1-2H3/t51-,52-,53-,54-/m0/s1. The number of nitrogens with zero attached hydrogens (tertiary/aromatic N) is 4. The maximum absolute atomic E-state index is 15.3. The van der Waals surface area contributed by atoms with E-state index in [9.17, 15) is 0 Å². The summed E-state index contributed by atoms with van der Waals surface area (Å²) >= 11 is 0. The molecule has 0 unspecified atom stereocenters. The molecule has 332 valence electrons. The Labute approximate surface area is 392 Å². The zero-order chi connectivity index (χ0) is 46.1. The van der Waals surface area contributed by atoms with Gasteiger partial charge in [0.1, 0.15) is 23.8 Å². The second kappa shape index (κ2) is 18.0. The first-order valence-electron chi connectivity index (χ1n) is 22.1. The highest BCUT2D eigenvalue weighted by Crippen LogP contribution is 2.49. The third-order valence-electron chi connectivity index (χ3n) is 12.4. The first-order valence-corrected chi connectivity index (χ1v) is 25.0. The fourth-order valence-electron chi connectivity index (χ4n) is 9.06. The van der Waals surface area contributed by atoms with Crippen molar-refractivity contribution in [3.63, 3.8) is 0 Å². The van der Waals surface area contributed by atoms with Crippen molar-refractivity contribution in [1.29, 1.82) is 0 Å². The minimum Gasteiger partial charge on any atom is -0.354 e. The Bertz CT molecular complexity index is 3110. The lowest BCUT2D eigenvalue weighted by Gasteiger charge is -2.31. The van der Waals surface area contributed by atoms with Gasteiger partial charge in [-0.2, -0.15) is 0 Å². The maximum atomic E-state index is 15.3. The lowest BCUT2D eigenvalue weighted by Crippen LogP contribution is -2.38. The van der Waals surface area contributed by atoms with Gasteiger partial charge in [0, 0.05) is 22.5 Å². The van der Waals surface area contributed by atoms with Crippen LogP contribution >= 0.6 is 0 Å². The zero-order valence-corrected chi connectivity index (χ0v) is 38.5. The van der Waals surface area contributed by atoms with E-state index in [0.717, 1.165) is 33.4 Å². The van der Waals surface area contributed by atoms with Gasteiger partial charge < -0.3 is 5.32 Å². The molecule has 11 heteroatoms. The summed E-state index contributed by atoms with van der Waals surface area (Å²) in [5.74, 6) is 0.526. The highest BCUT2D eigenvalue weighted by atomic mass is 32.2. The average molecular weight is 918 g/mol. The van der Waals surface area contributed by atoms with Crippen LogP contribution in [0.4, 0.5) is 11.4 Å². The molecule has 0 radical (unpaired) electrons. The minimum atomic E-state index is -4.24. The van der Waals surface area contributed by atoms with Crippen LogP contribution in [0.5, 0.6) is 0 Å². The number of benzene rings is 8. The van der Waals surface area contributed by atoms with Crippen LogP contribution in [0.2, 0.25) is 0 Å². The van der Waals surface area contributed by atoms with Crippen molar-refractivity contribution in [2.24, 2.45) is 9.98 Å². The molecule has 0 spiro atoms. The van der Waals surface area contributed by atoms with E-state index in [2.05, 4.69) is 5.32 Å². The Kier molecular flexibility index (Phi) is 11.6. The number of amidine groups is 2. The Hall–Kier alpha value is -7.60. The third-order valence-corrected chi connectivity index (χ3v) is 15.9. The lowest BCUT2D eigenvalue weighted by molar-refractivity contribution is 0.419. The van der Waals surface area contributed by atoms with Crippen LogP contribution in [0.3, 0.4) is 0 Å². The number of hydrogen-bond donors (Lipinski definition) is 1. The second-order valence-electron chi connectivity index (χ2n) is 16.8. The molecule has 0 amide bonds. The molecule has 0 saturated heterocycles. The quantitative estimate of drug-likeness (QED) is 0.131. The monoisotopic (exact) mass is 917 g/mol. The van der Waals surface area contributed by atoms with Crippen molar-refractivity contribution in [3.8, 4) is 0 Å². The molecule has 0 aromatic heterocycles. The number of aryl methyl sites for hydroxylation is 2. The lowest BCUT2D eigenvalue weighted by atomic mass is 9.95. The summed E-state index contributed by atoms with van der Waals surface area (Å²) in [6.45, 7) is 3.85. The third kappa shape index (κ3) is 8.21. The highest BCUT2D eigenvalue weighted by molar-refractivity contribution is 7.90.